The Labute approximate surface area is 182 Å². The van der Waals surface area contributed by atoms with Gasteiger partial charge in [0.25, 0.3) is 0 Å². The number of hydrogen-bond acceptors (Lipinski definition) is 0. The first-order valence-electron chi connectivity index (χ1n) is 9.08. The van der Waals surface area contributed by atoms with E-state index in [1.54, 1.807) is 0 Å². The molecule has 0 nitrogen and oxygen atoms in total. The van der Waals surface area contributed by atoms with E-state index in [1.807, 2.05) is 0 Å². The minimum atomic E-state index is -1.82. The van der Waals surface area contributed by atoms with Crippen LogP contribution in [0.3, 0.4) is 0 Å². The Morgan fingerprint density at radius 3 is 1.36 bits per heavy atom. The van der Waals surface area contributed by atoms with Crippen LogP contribution >= 0.6 is 23.2 Å². The Hall–Kier alpha value is -1.92. The highest BCUT2D eigenvalue weighted by atomic mass is 79.9. The normalized spacial score (nSPS) is 10.9. The van der Waals surface area contributed by atoms with Crippen molar-refractivity contribution in [1.82, 2.24) is 0 Å². The molecule has 0 spiro atoms. The summed E-state index contributed by atoms with van der Waals surface area (Å²) in [5.41, 5.74) is 1.36. The molecule has 4 aromatic carbocycles. The molecule has 0 atom stereocenters. The molecule has 0 bridgehead atoms. The lowest BCUT2D eigenvalue weighted by Gasteiger charge is -2.28. The fraction of sp³-hybridized carbons (Fsp3) is 0.0400. The highest BCUT2D eigenvalue weighted by molar-refractivity contribution is 9.10. The van der Waals surface area contributed by atoms with Gasteiger partial charge in [0.15, 0.2) is 0 Å². The van der Waals surface area contributed by atoms with Gasteiger partial charge in [0.1, 0.15) is 23.2 Å². The zero-order chi connectivity index (χ0) is 18.5. The lowest BCUT2D eigenvalue weighted by molar-refractivity contribution is -0.00000511. The maximum absolute atomic E-state index is 3.65. The smallest absolute Gasteiger partial charge is 0.116 e. The van der Waals surface area contributed by atoms with Crippen LogP contribution in [0.25, 0.3) is 0 Å². The summed E-state index contributed by atoms with van der Waals surface area (Å²) in [7, 11) is -1.82. The van der Waals surface area contributed by atoms with Crippen molar-refractivity contribution in [2.75, 3.05) is 0 Å². The highest BCUT2D eigenvalue weighted by Gasteiger charge is 2.45. The molecule has 0 heterocycles. The molecule has 0 N–H and O–H groups in total. The molecule has 0 radical (unpaired) electrons. The van der Waals surface area contributed by atoms with E-state index < -0.39 is 7.26 Å². The molecule has 0 amide bonds. The van der Waals surface area contributed by atoms with Crippen molar-refractivity contribution >= 4 is 39.1 Å². The number of hydrogen-bond donors (Lipinski definition) is 0. The zero-order valence-corrected chi connectivity index (χ0v) is 18.6. The predicted octanol–water partition coefficient (Wildman–Crippen LogP) is 2.95. The third kappa shape index (κ3) is 4.23. The fourth-order valence-corrected chi connectivity index (χ4v) is 8.35. The van der Waals surface area contributed by atoms with Crippen LogP contribution in [0.5, 0.6) is 0 Å². The van der Waals surface area contributed by atoms with Crippen molar-refractivity contribution in [3.8, 4) is 0 Å². The molecule has 0 aliphatic rings. The first kappa shape index (κ1) is 20.8. The second-order valence-corrected chi connectivity index (χ2v) is 11.0. The van der Waals surface area contributed by atoms with Gasteiger partial charge in [-0.05, 0) is 54.1 Å². The molecule has 0 unspecified atom stereocenters. The van der Waals surface area contributed by atoms with Gasteiger partial charge < -0.3 is 12.4 Å². The van der Waals surface area contributed by atoms with E-state index in [9.17, 15) is 0 Å². The molecule has 140 valence electrons. The molecule has 4 rings (SSSR count). The van der Waals surface area contributed by atoms with Gasteiger partial charge in [-0.2, -0.15) is 0 Å². The van der Waals surface area contributed by atoms with Crippen molar-refractivity contribution in [2.24, 2.45) is 0 Å². The average molecular weight is 468 g/mol. The summed E-state index contributed by atoms with van der Waals surface area (Å²) < 4.78 is 1.13. The minimum Gasteiger partial charge on any atom is -1.00 e. The van der Waals surface area contributed by atoms with Crippen LogP contribution in [0, 0.1) is 0 Å². The van der Waals surface area contributed by atoms with Gasteiger partial charge in [0.2, 0.25) is 0 Å². The summed E-state index contributed by atoms with van der Waals surface area (Å²) in [5, 5.41) is 4.26. The van der Waals surface area contributed by atoms with Crippen molar-refractivity contribution in [3.63, 3.8) is 0 Å². The zero-order valence-electron chi connectivity index (χ0n) is 15.4. The van der Waals surface area contributed by atoms with Gasteiger partial charge in [-0.15, -0.1) is 0 Å². The summed E-state index contributed by atoms with van der Waals surface area (Å²) in [6, 6.07) is 41.8. The van der Waals surface area contributed by atoms with Crippen LogP contribution in [0.2, 0.25) is 0 Å². The Morgan fingerprint density at radius 1 is 0.536 bits per heavy atom. The second-order valence-electron chi connectivity index (χ2n) is 6.60. The van der Waals surface area contributed by atoms with Gasteiger partial charge in [-0.1, -0.05) is 82.7 Å². The van der Waals surface area contributed by atoms with Crippen LogP contribution in [-0.2, 0) is 6.16 Å². The van der Waals surface area contributed by atoms with Crippen LogP contribution in [0.4, 0.5) is 0 Å². The predicted molar refractivity (Wildman–Crippen MR) is 123 cm³/mol. The highest BCUT2D eigenvalue weighted by Crippen LogP contribution is 2.58. The van der Waals surface area contributed by atoms with Gasteiger partial charge in [0, 0.05) is 4.47 Å². The monoisotopic (exact) mass is 466 g/mol. The molecule has 0 fully saturated rings. The Balaban J connectivity index is 0.00000225. The third-order valence-corrected chi connectivity index (χ3v) is 9.77. The summed E-state index contributed by atoms with van der Waals surface area (Å²) in [5.74, 6) is 0. The van der Waals surface area contributed by atoms with Crippen molar-refractivity contribution in [2.45, 2.75) is 6.16 Å². The van der Waals surface area contributed by atoms with Gasteiger partial charge in [-0.3, -0.25) is 0 Å². The maximum atomic E-state index is 3.65. The molecule has 0 saturated heterocycles. The maximum Gasteiger partial charge on any atom is 0.116 e. The molecular weight excluding hydrogens is 447 g/mol. The minimum absolute atomic E-state index is 0. The fourth-order valence-electron chi connectivity index (χ4n) is 3.68. The van der Waals surface area contributed by atoms with E-state index in [0.717, 1.165) is 10.6 Å². The van der Waals surface area contributed by atoms with Crippen molar-refractivity contribution in [1.29, 1.82) is 0 Å². The molecular formula is C25H21BrClP. The average Bonchev–Trinajstić information content (AvgIpc) is 2.74. The lowest BCUT2D eigenvalue weighted by Crippen LogP contribution is -3.00. The number of rotatable bonds is 5. The van der Waals surface area contributed by atoms with E-state index in [4.69, 9.17) is 0 Å². The topological polar surface area (TPSA) is 0 Å². The quantitative estimate of drug-likeness (QED) is 0.396. The van der Waals surface area contributed by atoms with Crippen molar-refractivity contribution < 1.29 is 12.4 Å². The van der Waals surface area contributed by atoms with Crippen LogP contribution in [0.15, 0.2) is 120 Å². The van der Waals surface area contributed by atoms with Crippen LogP contribution in [-0.4, -0.2) is 0 Å². The first-order chi connectivity index (χ1) is 13.3. The second kappa shape index (κ2) is 9.52. The van der Waals surface area contributed by atoms with Gasteiger partial charge >= 0.3 is 0 Å². The standard InChI is InChI=1S/C25H21BrP.ClH/c26-22-12-10-11-21(19-22)20-27(23-13-4-1-5-14-23,24-15-6-2-7-16-24)25-17-8-3-9-18-25;/h1-19H,20H2;1H/q+1;/p-1. The molecule has 4 aromatic rings. The molecule has 0 aliphatic heterocycles. The van der Waals surface area contributed by atoms with Gasteiger partial charge in [0.05, 0.1) is 6.16 Å². The van der Waals surface area contributed by atoms with E-state index in [-0.39, 0.29) is 12.4 Å². The SMILES string of the molecule is Brc1cccc(C[P+](c2ccccc2)(c2ccccc2)c2ccccc2)c1.[Cl-]. The summed E-state index contributed by atoms with van der Waals surface area (Å²) >= 11 is 3.65. The number of benzene rings is 4. The van der Waals surface area contributed by atoms with Crippen LogP contribution in [0.1, 0.15) is 5.56 Å². The Morgan fingerprint density at radius 2 is 0.964 bits per heavy atom. The van der Waals surface area contributed by atoms with Gasteiger partial charge in [-0.25, -0.2) is 0 Å². The summed E-state index contributed by atoms with van der Waals surface area (Å²) in [6.45, 7) is 0. The lowest BCUT2D eigenvalue weighted by atomic mass is 10.2. The van der Waals surface area contributed by atoms with E-state index in [1.165, 1.54) is 21.5 Å². The summed E-state index contributed by atoms with van der Waals surface area (Å²) in [6.07, 6.45) is 1.00. The molecule has 28 heavy (non-hydrogen) atoms. The molecule has 0 saturated carbocycles. The van der Waals surface area contributed by atoms with Crippen LogP contribution < -0.4 is 28.3 Å². The van der Waals surface area contributed by atoms with Crippen molar-refractivity contribution in [3.05, 3.63) is 125 Å². The number of halogens is 2. The Kier molecular flexibility index (Phi) is 7.08. The first-order valence-corrected chi connectivity index (χ1v) is 11.9. The molecule has 3 heteroatoms. The molecule has 0 aromatic heterocycles. The van der Waals surface area contributed by atoms with E-state index in [0.29, 0.717) is 0 Å². The van der Waals surface area contributed by atoms with E-state index in [2.05, 4.69) is 131 Å². The third-order valence-electron chi connectivity index (χ3n) is 4.90. The Bertz CT molecular complexity index is 907. The molecule has 0 aliphatic carbocycles. The largest absolute Gasteiger partial charge is 1.00 e. The summed E-state index contributed by atoms with van der Waals surface area (Å²) in [4.78, 5) is 0. The van der Waals surface area contributed by atoms with E-state index >= 15 is 0 Å².